The van der Waals surface area contributed by atoms with Crippen molar-refractivity contribution in [1.29, 1.82) is 0 Å². The fourth-order valence-electron chi connectivity index (χ4n) is 7.69. The molecule has 2 aliphatic carbocycles. The van der Waals surface area contributed by atoms with Crippen LogP contribution in [0, 0.1) is 11.8 Å². The molecule has 46 heavy (non-hydrogen) atoms. The van der Waals surface area contributed by atoms with Crippen molar-refractivity contribution in [1.82, 2.24) is 24.0 Å². The van der Waals surface area contributed by atoms with Crippen molar-refractivity contribution in [2.45, 2.75) is 57.7 Å². The molecule has 3 atom stereocenters. The van der Waals surface area contributed by atoms with Crippen LogP contribution in [0.15, 0.2) is 54.7 Å². The van der Waals surface area contributed by atoms with Crippen LogP contribution in [0.2, 0.25) is 0 Å². The molecule has 10 heteroatoms. The van der Waals surface area contributed by atoms with Gasteiger partial charge in [0.05, 0.1) is 23.8 Å². The maximum atomic E-state index is 13.9. The van der Waals surface area contributed by atoms with Gasteiger partial charge in [-0.3, -0.25) is 9.59 Å². The minimum Gasteiger partial charge on any atom is -0.494 e. The maximum absolute atomic E-state index is 13.9. The third kappa shape index (κ3) is 4.83. The average molecular weight is 618 g/mol. The van der Waals surface area contributed by atoms with Crippen molar-refractivity contribution in [2.24, 2.45) is 24.6 Å². The Morgan fingerprint density at radius 3 is 2.59 bits per heavy atom. The van der Waals surface area contributed by atoms with Crippen molar-refractivity contribution in [3.63, 3.8) is 0 Å². The van der Waals surface area contributed by atoms with Crippen molar-refractivity contribution in [3.8, 4) is 28.4 Å². The number of nitrogens with two attached hydrogens (primary N) is 1. The number of hydrogen-bond donors (Lipinski definition) is 2. The molecule has 10 nitrogen and oxygen atoms in total. The van der Waals surface area contributed by atoms with Crippen LogP contribution in [0.3, 0.4) is 0 Å². The lowest BCUT2D eigenvalue weighted by Gasteiger charge is -2.48. The first-order chi connectivity index (χ1) is 22.3. The second-order valence-corrected chi connectivity index (χ2v) is 13.3. The molecule has 2 aromatic carbocycles. The van der Waals surface area contributed by atoms with Gasteiger partial charge in [0.2, 0.25) is 5.91 Å². The number of carbonyl (C=O) groups is 2. The molecule has 2 aliphatic heterocycles. The number of rotatable bonds is 7. The molecule has 2 saturated carbocycles. The number of carbonyl (C=O) groups excluding carboxylic acids is 2. The number of aryl methyl sites for hydroxylation is 1. The van der Waals surface area contributed by atoms with Crippen LogP contribution in [0.5, 0.6) is 5.75 Å². The summed E-state index contributed by atoms with van der Waals surface area (Å²) in [5.41, 5.74) is 12.8. The Labute approximate surface area is 267 Å². The summed E-state index contributed by atoms with van der Waals surface area (Å²) in [5.74, 6) is 2.85. The molecule has 0 spiro atoms. The first kappa shape index (κ1) is 28.8. The lowest BCUT2D eigenvalue weighted by Crippen LogP contribution is -2.58. The number of hydrogen-bond acceptors (Lipinski definition) is 6. The Hall–Kier alpha value is -4.70. The highest BCUT2D eigenvalue weighted by atomic mass is 16.5. The van der Waals surface area contributed by atoms with Gasteiger partial charge in [-0.15, -0.1) is 0 Å². The average Bonchev–Trinajstić information content (AvgIpc) is 3.72. The van der Waals surface area contributed by atoms with Gasteiger partial charge in [-0.25, -0.2) is 9.97 Å². The molecule has 2 bridgehead atoms. The maximum Gasteiger partial charge on any atom is 0.254 e. The van der Waals surface area contributed by atoms with Crippen molar-refractivity contribution < 1.29 is 14.3 Å². The van der Waals surface area contributed by atoms with Crippen molar-refractivity contribution in [3.05, 3.63) is 60.3 Å². The molecule has 2 amide bonds. The van der Waals surface area contributed by atoms with E-state index in [9.17, 15) is 9.59 Å². The Kier molecular flexibility index (Phi) is 6.86. The van der Waals surface area contributed by atoms with Crippen LogP contribution in [0.25, 0.3) is 44.6 Å². The Bertz CT molecular complexity index is 2010. The summed E-state index contributed by atoms with van der Waals surface area (Å²) in [7, 11) is 3.67. The predicted octanol–water partition coefficient (Wildman–Crippen LogP) is 5.59. The first-order valence-electron chi connectivity index (χ1n) is 16.3. The zero-order valence-electron chi connectivity index (χ0n) is 26.5. The number of para-hydroxylation sites is 1. The Morgan fingerprint density at radius 1 is 1.07 bits per heavy atom. The number of nitrogens with one attached hydrogen (secondary N) is 1. The number of amides is 2. The SMILES string of the molecule is COc1cc(C(=O)N2C[C@H]3CC[C@@H]2C[C@@H]3N)cc2nc(-c3cc4cccc(-c5ccc(NC(C)=O)nc5)c4n3CC3CC3)n(C)c12. The highest BCUT2D eigenvalue weighted by Gasteiger charge is 2.41. The van der Waals surface area contributed by atoms with E-state index in [-0.39, 0.29) is 23.9 Å². The van der Waals surface area contributed by atoms with E-state index in [2.05, 4.69) is 43.7 Å². The largest absolute Gasteiger partial charge is 0.494 e. The molecule has 9 rings (SSSR count). The van der Waals surface area contributed by atoms with E-state index in [1.165, 1.54) is 19.8 Å². The number of nitrogens with zero attached hydrogens (tertiary/aromatic N) is 5. The third-order valence-electron chi connectivity index (χ3n) is 10.2. The highest BCUT2D eigenvalue weighted by Crippen LogP contribution is 2.41. The van der Waals surface area contributed by atoms with E-state index in [0.717, 1.165) is 70.4 Å². The van der Waals surface area contributed by atoms with E-state index >= 15 is 0 Å². The number of imidazole rings is 1. The van der Waals surface area contributed by atoms with Gasteiger partial charge < -0.3 is 29.8 Å². The van der Waals surface area contributed by atoms with E-state index in [1.807, 2.05) is 42.4 Å². The van der Waals surface area contributed by atoms with Gasteiger partial charge >= 0.3 is 0 Å². The summed E-state index contributed by atoms with van der Waals surface area (Å²) in [6, 6.07) is 16.6. The van der Waals surface area contributed by atoms with E-state index in [0.29, 0.717) is 35.5 Å². The molecule has 5 aromatic rings. The van der Waals surface area contributed by atoms with Gasteiger partial charge in [-0.2, -0.15) is 0 Å². The highest BCUT2D eigenvalue weighted by molar-refractivity contribution is 6.01. The predicted molar refractivity (Wildman–Crippen MR) is 179 cm³/mol. The molecular formula is C36H39N7O3. The number of aromatic nitrogens is 4. The second-order valence-electron chi connectivity index (χ2n) is 13.3. The van der Waals surface area contributed by atoms with Gasteiger partial charge in [-0.1, -0.05) is 18.2 Å². The van der Waals surface area contributed by atoms with Gasteiger partial charge in [-0.05, 0) is 74.3 Å². The topological polar surface area (TPSA) is 120 Å². The summed E-state index contributed by atoms with van der Waals surface area (Å²) in [6.07, 6.45) is 7.21. The van der Waals surface area contributed by atoms with Crippen molar-refractivity contribution in [2.75, 3.05) is 19.0 Å². The minimum absolute atomic E-state index is 0.0274. The third-order valence-corrected chi connectivity index (χ3v) is 10.2. The minimum atomic E-state index is -0.149. The number of methoxy groups -OCH3 is 1. The van der Waals surface area contributed by atoms with E-state index < -0.39 is 0 Å². The van der Waals surface area contributed by atoms with Crippen LogP contribution in [-0.4, -0.2) is 61.6 Å². The number of pyridine rings is 1. The lowest BCUT2D eigenvalue weighted by atomic mass is 9.76. The van der Waals surface area contributed by atoms with Crippen LogP contribution in [-0.2, 0) is 18.4 Å². The summed E-state index contributed by atoms with van der Waals surface area (Å²) in [5, 5.41) is 3.87. The number of fused-ring (bicyclic) bond motifs is 5. The van der Waals surface area contributed by atoms with Crippen LogP contribution in [0.4, 0.5) is 5.82 Å². The molecule has 4 fully saturated rings. The molecule has 3 aromatic heterocycles. The number of ether oxygens (including phenoxy) is 1. The Morgan fingerprint density at radius 2 is 1.91 bits per heavy atom. The van der Waals surface area contributed by atoms with Gasteiger partial charge in [0, 0.05) is 67.4 Å². The lowest BCUT2D eigenvalue weighted by molar-refractivity contribution is -0.114. The van der Waals surface area contributed by atoms with E-state index in [1.54, 1.807) is 7.11 Å². The summed E-state index contributed by atoms with van der Waals surface area (Å²) >= 11 is 0. The molecule has 5 heterocycles. The molecule has 0 unspecified atom stereocenters. The summed E-state index contributed by atoms with van der Waals surface area (Å²) < 4.78 is 10.4. The fraction of sp³-hybridized carbons (Fsp3) is 0.389. The normalized spacial score (nSPS) is 20.9. The molecule has 0 radical (unpaired) electrons. The van der Waals surface area contributed by atoms with Gasteiger partial charge in [0.25, 0.3) is 5.91 Å². The molecular weight excluding hydrogens is 578 g/mol. The van der Waals surface area contributed by atoms with Gasteiger partial charge in [0.1, 0.15) is 17.1 Å². The van der Waals surface area contributed by atoms with Crippen LogP contribution < -0.4 is 15.8 Å². The standard InChI is InChI=1S/C36H39N7O3/c1-20(44)39-32-12-10-23(17-38-32)27-6-4-5-22-14-30(43(33(22)27)18-21-7-8-21)35-40-29-13-25(15-31(46-3)34(29)41(35)2)36(45)42-19-24-9-11-26(42)16-28(24)37/h4-6,10,12-15,17,21,24,26,28H,7-9,11,16,18-19,37H2,1-3H3,(H,38,39,44)/t24-,26-,28+/m1/s1. The van der Waals surface area contributed by atoms with Crippen molar-refractivity contribution >= 4 is 39.6 Å². The molecule has 2 saturated heterocycles. The van der Waals surface area contributed by atoms with Crippen LogP contribution >= 0.6 is 0 Å². The number of benzene rings is 2. The molecule has 236 valence electrons. The quantitative estimate of drug-likeness (QED) is 0.246. The summed E-state index contributed by atoms with van der Waals surface area (Å²) in [6.45, 7) is 3.08. The fourth-order valence-corrected chi connectivity index (χ4v) is 7.69. The van der Waals surface area contributed by atoms with E-state index in [4.69, 9.17) is 15.5 Å². The number of piperidine rings is 2. The van der Waals surface area contributed by atoms with Gasteiger partial charge in [0.15, 0.2) is 5.82 Å². The second kappa shape index (κ2) is 11.0. The smallest absolute Gasteiger partial charge is 0.254 e. The monoisotopic (exact) mass is 617 g/mol. The zero-order chi connectivity index (χ0) is 31.7. The zero-order valence-corrected chi connectivity index (χ0v) is 26.5. The summed E-state index contributed by atoms with van der Waals surface area (Å²) in [4.78, 5) is 37.1. The van der Waals surface area contributed by atoms with Crippen LogP contribution in [0.1, 0.15) is 49.4 Å². The first-order valence-corrected chi connectivity index (χ1v) is 16.3. The Balaban J connectivity index is 1.23. The number of anilines is 1. The molecule has 3 N–H and O–H groups in total. The molecule has 4 aliphatic rings.